The average Bonchev–Trinajstić information content (AvgIpc) is 2.15. The predicted octanol–water partition coefficient (Wildman–Crippen LogP) is 0.668. The maximum Gasteiger partial charge on any atom is 0.0515 e. The van der Waals surface area contributed by atoms with E-state index in [-0.39, 0.29) is 6.61 Å². The zero-order chi connectivity index (χ0) is 8.81. The average molecular weight is 174 g/mol. The molecule has 1 atom stereocenters. The summed E-state index contributed by atoms with van der Waals surface area (Å²) < 4.78 is 10.3. The van der Waals surface area contributed by atoms with Crippen LogP contribution in [0.5, 0.6) is 0 Å². The normalized spacial score (nSPS) is 22.5. The molecule has 0 amide bonds. The topological polar surface area (TPSA) is 38.7 Å². The van der Waals surface area contributed by atoms with E-state index in [0.717, 1.165) is 26.1 Å². The summed E-state index contributed by atoms with van der Waals surface area (Å²) in [6.07, 6.45) is 2.13. The number of aliphatic hydroxyl groups excluding tert-OH is 1. The van der Waals surface area contributed by atoms with Crippen molar-refractivity contribution in [3.63, 3.8) is 0 Å². The third-order valence-corrected chi connectivity index (χ3v) is 2.55. The molecule has 1 aliphatic heterocycles. The molecule has 1 aliphatic rings. The molecule has 0 aromatic carbocycles. The lowest BCUT2D eigenvalue weighted by atomic mass is 9.87. The summed E-state index contributed by atoms with van der Waals surface area (Å²) in [5.74, 6) is 0.891. The lowest BCUT2D eigenvalue weighted by Crippen LogP contribution is -2.28. The molecule has 0 aliphatic carbocycles. The van der Waals surface area contributed by atoms with Crippen LogP contribution in [-0.4, -0.2) is 38.6 Å². The minimum Gasteiger partial charge on any atom is -0.396 e. The molecule has 0 aromatic rings. The van der Waals surface area contributed by atoms with E-state index in [1.54, 1.807) is 7.11 Å². The number of hydrogen-bond acceptors (Lipinski definition) is 3. The standard InChI is InChI=1S/C9H18O3/c1-11-7-9(6-10)8-2-4-12-5-3-8/h8-10H,2-7H2,1H3. The van der Waals surface area contributed by atoms with Crippen molar-refractivity contribution >= 4 is 0 Å². The maximum absolute atomic E-state index is 9.09. The van der Waals surface area contributed by atoms with Gasteiger partial charge in [0.15, 0.2) is 0 Å². The first-order valence-electron chi connectivity index (χ1n) is 4.56. The van der Waals surface area contributed by atoms with E-state index in [1.807, 2.05) is 0 Å². The van der Waals surface area contributed by atoms with Crippen molar-refractivity contribution in [2.45, 2.75) is 12.8 Å². The molecule has 3 nitrogen and oxygen atoms in total. The number of rotatable bonds is 4. The van der Waals surface area contributed by atoms with E-state index in [4.69, 9.17) is 14.6 Å². The highest BCUT2D eigenvalue weighted by Crippen LogP contribution is 2.23. The molecular formula is C9H18O3. The van der Waals surface area contributed by atoms with Gasteiger partial charge in [0.2, 0.25) is 0 Å². The van der Waals surface area contributed by atoms with E-state index < -0.39 is 0 Å². The van der Waals surface area contributed by atoms with Gasteiger partial charge in [0.1, 0.15) is 0 Å². The lowest BCUT2D eigenvalue weighted by molar-refractivity contribution is 0.00754. The van der Waals surface area contributed by atoms with Crippen molar-refractivity contribution in [2.24, 2.45) is 11.8 Å². The fourth-order valence-corrected chi connectivity index (χ4v) is 1.74. The van der Waals surface area contributed by atoms with Crippen LogP contribution in [0.3, 0.4) is 0 Å². The summed E-state index contributed by atoms with van der Waals surface area (Å²) in [7, 11) is 1.68. The Balaban J connectivity index is 2.29. The zero-order valence-corrected chi connectivity index (χ0v) is 7.66. The van der Waals surface area contributed by atoms with Crippen molar-refractivity contribution in [3.8, 4) is 0 Å². The third kappa shape index (κ3) is 2.73. The quantitative estimate of drug-likeness (QED) is 0.680. The van der Waals surface area contributed by atoms with Gasteiger partial charge in [0.25, 0.3) is 0 Å². The molecule has 1 unspecified atom stereocenters. The molecule has 0 radical (unpaired) electrons. The van der Waals surface area contributed by atoms with Gasteiger partial charge in [-0.05, 0) is 18.8 Å². The molecule has 1 fully saturated rings. The monoisotopic (exact) mass is 174 g/mol. The van der Waals surface area contributed by atoms with Crippen LogP contribution in [0, 0.1) is 11.8 Å². The molecule has 72 valence electrons. The van der Waals surface area contributed by atoms with Crippen LogP contribution in [0.4, 0.5) is 0 Å². The summed E-state index contributed by atoms with van der Waals surface area (Å²) in [6, 6.07) is 0. The summed E-state index contributed by atoms with van der Waals surface area (Å²) in [5.41, 5.74) is 0. The van der Waals surface area contributed by atoms with Gasteiger partial charge in [-0.25, -0.2) is 0 Å². The van der Waals surface area contributed by atoms with Crippen LogP contribution >= 0.6 is 0 Å². The van der Waals surface area contributed by atoms with Crippen molar-refractivity contribution in [3.05, 3.63) is 0 Å². The SMILES string of the molecule is COCC(CO)C1CCOCC1. The second kappa shape index (κ2) is 5.51. The molecule has 1 N–H and O–H groups in total. The van der Waals surface area contributed by atoms with Gasteiger partial charge >= 0.3 is 0 Å². The van der Waals surface area contributed by atoms with E-state index in [2.05, 4.69) is 0 Å². The van der Waals surface area contributed by atoms with Crippen LogP contribution < -0.4 is 0 Å². The summed E-state index contributed by atoms with van der Waals surface area (Å²) in [5, 5.41) is 9.09. The number of methoxy groups -OCH3 is 1. The number of aliphatic hydroxyl groups is 1. The van der Waals surface area contributed by atoms with Crippen LogP contribution in [0.2, 0.25) is 0 Å². The van der Waals surface area contributed by atoms with Crippen molar-refractivity contribution in [1.82, 2.24) is 0 Å². The second-order valence-corrected chi connectivity index (χ2v) is 3.35. The predicted molar refractivity (Wildman–Crippen MR) is 46.0 cm³/mol. The van der Waals surface area contributed by atoms with Crippen molar-refractivity contribution in [1.29, 1.82) is 0 Å². The van der Waals surface area contributed by atoms with Gasteiger partial charge in [0.05, 0.1) is 6.61 Å². The molecule has 1 heterocycles. The lowest BCUT2D eigenvalue weighted by Gasteiger charge is -2.28. The molecule has 3 heteroatoms. The van der Waals surface area contributed by atoms with Crippen molar-refractivity contribution in [2.75, 3.05) is 33.5 Å². The van der Waals surface area contributed by atoms with Crippen LogP contribution in [-0.2, 0) is 9.47 Å². The smallest absolute Gasteiger partial charge is 0.0515 e. The summed E-state index contributed by atoms with van der Waals surface area (Å²) in [4.78, 5) is 0. The molecule has 0 bridgehead atoms. The minimum atomic E-state index is 0.235. The summed E-state index contributed by atoms with van der Waals surface area (Å²) >= 11 is 0. The van der Waals surface area contributed by atoms with Gasteiger partial charge in [-0.1, -0.05) is 0 Å². The fraction of sp³-hybridized carbons (Fsp3) is 1.00. The highest BCUT2D eigenvalue weighted by atomic mass is 16.5. The Morgan fingerprint density at radius 2 is 2.17 bits per heavy atom. The molecule has 0 spiro atoms. The van der Waals surface area contributed by atoms with Gasteiger partial charge in [-0.15, -0.1) is 0 Å². The largest absolute Gasteiger partial charge is 0.396 e. The Labute approximate surface area is 73.7 Å². The highest BCUT2D eigenvalue weighted by Gasteiger charge is 2.22. The van der Waals surface area contributed by atoms with E-state index >= 15 is 0 Å². The van der Waals surface area contributed by atoms with Gasteiger partial charge in [0, 0.05) is 32.8 Å². The first kappa shape index (κ1) is 9.96. The number of ether oxygens (including phenoxy) is 2. The molecule has 0 aromatic heterocycles. The van der Waals surface area contributed by atoms with Gasteiger partial charge in [-0.3, -0.25) is 0 Å². The van der Waals surface area contributed by atoms with E-state index in [9.17, 15) is 0 Å². The Morgan fingerprint density at radius 1 is 1.50 bits per heavy atom. The van der Waals surface area contributed by atoms with E-state index in [1.165, 1.54) is 0 Å². The summed E-state index contributed by atoms with van der Waals surface area (Å²) in [6.45, 7) is 2.58. The van der Waals surface area contributed by atoms with Crippen LogP contribution in [0.15, 0.2) is 0 Å². The Morgan fingerprint density at radius 3 is 2.67 bits per heavy atom. The Kier molecular flexibility index (Phi) is 4.58. The fourth-order valence-electron chi connectivity index (χ4n) is 1.74. The molecule has 0 saturated carbocycles. The Bertz CT molecular complexity index is 108. The first-order chi connectivity index (χ1) is 5.88. The van der Waals surface area contributed by atoms with Gasteiger partial charge < -0.3 is 14.6 Å². The highest BCUT2D eigenvalue weighted by molar-refractivity contribution is 4.71. The zero-order valence-electron chi connectivity index (χ0n) is 7.66. The molecular weight excluding hydrogens is 156 g/mol. The van der Waals surface area contributed by atoms with E-state index in [0.29, 0.717) is 18.4 Å². The van der Waals surface area contributed by atoms with Crippen LogP contribution in [0.1, 0.15) is 12.8 Å². The third-order valence-electron chi connectivity index (χ3n) is 2.55. The van der Waals surface area contributed by atoms with Crippen LogP contribution in [0.25, 0.3) is 0 Å². The Hall–Kier alpha value is -0.120. The first-order valence-corrected chi connectivity index (χ1v) is 4.56. The molecule has 1 saturated heterocycles. The van der Waals surface area contributed by atoms with Gasteiger partial charge in [-0.2, -0.15) is 0 Å². The number of hydrogen-bond donors (Lipinski definition) is 1. The minimum absolute atomic E-state index is 0.235. The molecule has 1 rings (SSSR count). The maximum atomic E-state index is 9.09. The second-order valence-electron chi connectivity index (χ2n) is 3.35. The molecule has 12 heavy (non-hydrogen) atoms. The van der Waals surface area contributed by atoms with Crippen molar-refractivity contribution < 1.29 is 14.6 Å².